The molecule has 0 radical (unpaired) electrons. The van der Waals surface area contributed by atoms with E-state index in [1.165, 1.54) is 57.3 Å². The van der Waals surface area contributed by atoms with E-state index >= 15 is 0 Å². The molecule has 0 unspecified atom stereocenters. The van der Waals surface area contributed by atoms with Gasteiger partial charge in [-0.2, -0.15) is 0 Å². The average molecular weight is 256 g/mol. The van der Waals surface area contributed by atoms with Crippen LogP contribution in [0.4, 0.5) is 0 Å². The fourth-order valence-electron chi connectivity index (χ4n) is 2.71. The van der Waals surface area contributed by atoms with Crippen molar-refractivity contribution in [2.24, 2.45) is 0 Å². The minimum Gasteiger partial charge on any atom is -0.321 e. The number of unbranched alkanes of at least 4 members (excludes halogenated alkanes) is 2. The Labute approximate surface area is 110 Å². The Bertz CT molecular complexity index is 183. The summed E-state index contributed by atoms with van der Waals surface area (Å²) in [7, 11) is -1.36. The van der Waals surface area contributed by atoms with Crippen LogP contribution in [0.15, 0.2) is 12.3 Å². The minimum absolute atomic E-state index is 1.21. The minimum atomic E-state index is -1.36. The van der Waals surface area contributed by atoms with Crippen molar-refractivity contribution in [2.45, 2.75) is 71.9 Å². The number of hydrogen-bond donors (Lipinski definition) is 0. The fraction of sp³-hybridized carbons (Fsp3) is 0.867. The van der Waals surface area contributed by atoms with Gasteiger partial charge >= 0.3 is 0 Å². The first-order valence-corrected chi connectivity index (χ1v) is 10.0. The molecule has 0 aromatic heterocycles. The molecule has 2 heteroatoms. The van der Waals surface area contributed by atoms with Crippen molar-refractivity contribution >= 4 is 8.24 Å². The van der Waals surface area contributed by atoms with Gasteiger partial charge < -0.3 is 4.57 Å². The van der Waals surface area contributed by atoms with Crippen LogP contribution in [-0.2, 0) is 0 Å². The van der Waals surface area contributed by atoms with Crippen LogP contribution < -0.4 is 0 Å². The van der Waals surface area contributed by atoms with E-state index < -0.39 is 8.24 Å². The van der Waals surface area contributed by atoms with E-state index in [4.69, 9.17) is 0 Å². The molecule has 0 fully saturated rings. The maximum atomic E-state index is 4.21. The van der Waals surface area contributed by atoms with Crippen LogP contribution >= 0.6 is 0 Å². The molecule has 0 rings (SSSR count). The molecular weight excluding hydrogens is 222 g/mol. The Hall–Kier alpha value is -0.0831. The maximum absolute atomic E-state index is 4.21. The molecule has 0 atom stereocenters. The van der Waals surface area contributed by atoms with Gasteiger partial charge in [0.25, 0.3) is 0 Å². The van der Waals surface area contributed by atoms with Gasteiger partial charge in [-0.1, -0.05) is 59.1 Å². The predicted octanol–water partition coefficient (Wildman–Crippen LogP) is 4.99. The van der Waals surface area contributed by atoms with Gasteiger partial charge in [-0.05, 0) is 31.6 Å². The van der Waals surface area contributed by atoms with Crippen LogP contribution in [0.3, 0.4) is 0 Å². The van der Waals surface area contributed by atoms with E-state index in [0.717, 1.165) is 0 Å². The first-order chi connectivity index (χ1) is 8.20. The normalized spacial score (nSPS) is 12.1. The smallest absolute Gasteiger partial charge is 0.152 e. The molecule has 1 nitrogen and oxygen atoms in total. The number of rotatable bonds is 11. The van der Waals surface area contributed by atoms with Crippen LogP contribution in [0.1, 0.15) is 59.8 Å². The highest BCUT2D eigenvalue weighted by Gasteiger charge is 2.34. The molecule has 0 aliphatic rings. The summed E-state index contributed by atoms with van der Waals surface area (Å²) in [6.07, 6.45) is 6.66. The van der Waals surface area contributed by atoms with Gasteiger partial charge in [0.15, 0.2) is 8.24 Å². The highest BCUT2D eigenvalue weighted by molar-refractivity contribution is 6.81. The van der Waals surface area contributed by atoms with Gasteiger partial charge in [0.2, 0.25) is 0 Å². The molecule has 0 bridgehead atoms. The summed E-state index contributed by atoms with van der Waals surface area (Å²) < 4.78 is 2.78. The molecule has 0 saturated heterocycles. The zero-order valence-electron chi connectivity index (χ0n) is 12.6. The summed E-state index contributed by atoms with van der Waals surface area (Å²) in [5.74, 6) is 0. The van der Waals surface area contributed by atoms with Crippen molar-refractivity contribution in [3.8, 4) is 0 Å². The largest absolute Gasteiger partial charge is 0.321 e. The number of hydrogen-bond acceptors (Lipinski definition) is 1. The lowest BCUT2D eigenvalue weighted by Gasteiger charge is -2.40. The Morgan fingerprint density at radius 2 is 1.47 bits per heavy atom. The van der Waals surface area contributed by atoms with Crippen molar-refractivity contribution in [2.75, 3.05) is 13.1 Å². The Morgan fingerprint density at radius 3 is 1.76 bits per heavy atom. The third-order valence-electron chi connectivity index (χ3n) is 3.81. The lowest BCUT2D eigenvalue weighted by Crippen LogP contribution is -2.52. The van der Waals surface area contributed by atoms with Crippen LogP contribution in [0, 0.1) is 0 Å². The maximum Gasteiger partial charge on any atom is 0.152 e. The standard InChI is InChI=1S/C15H33NSi/c1-6-11-14-17(10-5,15-12-7-2)16(9-4)13-8-3/h10H,5-9,11-15H2,1-4H3. The van der Waals surface area contributed by atoms with Crippen molar-refractivity contribution in [1.29, 1.82) is 0 Å². The second-order valence-corrected chi connectivity index (χ2v) is 9.34. The Balaban J connectivity index is 4.77. The van der Waals surface area contributed by atoms with Crippen LogP contribution in [-0.4, -0.2) is 25.9 Å². The first-order valence-electron chi connectivity index (χ1n) is 7.59. The predicted molar refractivity (Wildman–Crippen MR) is 82.9 cm³/mol. The topological polar surface area (TPSA) is 3.24 Å². The van der Waals surface area contributed by atoms with E-state index in [9.17, 15) is 0 Å². The Morgan fingerprint density at radius 1 is 0.941 bits per heavy atom. The Kier molecular flexibility index (Phi) is 9.85. The van der Waals surface area contributed by atoms with E-state index in [0.29, 0.717) is 0 Å². The van der Waals surface area contributed by atoms with Gasteiger partial charge in [-0.3, -0.25) is 0 Å². The van der Waals surface area contributed by atoms with Crippen LogP contribution in [0.2, 0.25) is 12.1 Å². The summed E-state index contributed by atoms with van der Waals surface area (Å²) in [5, 5.41) is 0. The molecule has 0 saturated carbocycles. The SMILES string of the molecule is C=C[Si](CCCC)(CCCC)N(CC)CCC. The second kappa shape index (κ2) is 9.90. The van der Waals surface area contributed by atoms with Gasteiger partial charge in [-0.25, -0.2) is 0 Å². The molecule has 0 aliphatic heterocycles. The third-order valence-corrected chi connectivity index (χ3v) is 8.81. The lowest BCUT2D eigenvalue weighted by atomic mass is 10.4. The molecule has 0 spiro atoms. The molecule has 0 aromatic rings. The van der Waals surface area contributed by atoms with Crippen LogP contribution in [0.5, 0.6) is 0 Å². The van der Waals surface area contributed by atoms with E-state index in [-0.39, 0.29) is 0 Å². The molecule has 0 aromatic carbocycles. The molecule has 0 amide bonds. The van der Waals surface area contributed by atoms with Crippen molar-refractivity contribution in [3.63, 3.8) is 0 Å². The average Bonchev–Trinajstić information content (AvgIpc) is 2.37. The summed E-state index contributed by atoms with van der Waals surface area (Å²) >= 11 is 0. The molecule has 102 valence electrons. The highest BCUT2D eigenvalue weighted by Crippen LogP contribution is 2.27. The van der Waals surface area contributed by atoms with Crippen molar-refractivity contribution in [3.05, 3.63) is 12.3 Å². The third kappa shape index (κ3) is 5.39. The molecule has 0 heterocycles. The molecule has 0 N–H and O–H groups in total. The second-order valence-electron chi connectivity index (χ2n) is 5.09. The molecular formula is C15H33NSi. The van der Waals surface area contributed by atoms with Gasteiger partial charge in [0.05, 0.1) is 0 Å². The van der Waals surface area contributed by atoms with Gasteiger partial charge in [-0.15, -0.1) is 6.58 Å². The number of nitrogens with zero attached hydrogens (tertiary/aromatic N) is 1. The van der Waals surface area contributed by atoms with E-state index in [2.05, 4.69) is 44.5 Å². The zero-order valence-corrected chi connectivity index (χ0v) is 13.6. The van der Waals surface area contributed by atoms with E-state index in [1.807, 2.05) is 0 Å². The zero-order chi connectivity index (χ0) is 13.1. The summed E-state index contributed by atoms with van der Waals surface area (Å²) in [6, 6.07) is 2.84. The molecule has 0 aliphatic carbocycles. The highest BCUT2D eigenvalue weighted by atomic mass is 28.3. The first kappa shape index (κ1) is 16.9. The summed E-state index contributed by atoms with van der Waals surface area (Å²) in [6.45, 7) is 15.9. The summed E-state index contributed by atoms with van der Waals surface area (Å²) in [5.41, 5.74) is 2.37. The van der Waals surface area contributed by atoms with Gasteiger partial charge in [0, 0.05) is 0 Å². The van der Waals surface area contributed by atoms with Crippen LogP contribution in [0.25, 0.3) is 0 Å². The van der Waals surface area contributed by atoms with Crippen molar-refractivity contribution < 1.29 is 0 Å². The lowest BCUT2D eigenvalue weighted by molar-refractivity contribution is 0.434. The quantitative estimate of drug-likeness (QED) is 0.470. The summed E-state index contributed by atoms with van der Waals surface area (Å²) in [4.78, 5) is 0. The monoisotopic (exact) mass is 255 g/mol. The van der Waals surface area contributed by atoms with Crippen molar-refractivity contribution in [1.82, 2.24) is 4.57 Å². The fourth-order valence-corrected chi connectivity index (χ4v) is 7.49. The van der Waals surface area contributed by atoms with Gasteiger partial charge in [0.1, 0.15) is 0 Å². The van der Waals surface area contributed by atoms with E-state index in [1.54, 1.807) is 0 Å². The molecule has 17 heavy (non-hydrogen) atoms.